The number of likely N-dealkylation sites (tertiary alicyclic amines) is 1. The SMILES string of the molecule is O=C1CCC(C(=O)N2CCc3c(Cl)cccc3C2)CN1CCc1ccccn1. The van der Waals surface area contributed by atoms with Crippen molar-refractivity contribution in [1.29, 1.82) is 0 Å². The Bertz CT molecular complexity index is 871. The Labute approximate surface area is 170 Å². The van der Waals surface area contributed by atoms with Gasteiger partial charge in [0.1, 0.15) is 0 Å². The average molecular weight is 398 g/mol. The van der Waals surface area contributed by atoms with E-state index >= 15 is 0 Å². The van der Waals surface area contributed by atoms with Crippen LogP contribution in [0.3, 0.4) is 0 Å². The van der Waals surface area contributed by atoms with Crippen molar-refractivity contribution in [1.82, 2.24) is 14.8 Å². The van der Waals surface area contributed by atoms with Crippen LogP contribution in [0, 0.1) is 5.92 Å². The van der Waals surface area contributed by atoms with Crippen LogP contribution in [-0.2, 0) is 29.0 Å². The van der Waals surface area contributed by atoms with Gasteiger partial charge in [0, 0.05) is 55.9 Å². The van der Waals surface area contributed by atoms with Crippen LogP contribution in [0.1, 0.15) is 29.7 Å². The zero-order chi connectivity index (χ0) is 19.5. The normalized spacial score (nSPS) is 19.5. The zero-order valence-corrected chi connectivity index (χ0v) is 16.6. The third kappa shape index (κ3) is 4.04. The molecule has 6 heteroatoms. The van der Waals surface area contributed by atoms with Gasteiger partial charge in [-0.1, -0.05) is 29.8 Å². The van der Waals surface area contributed by atoms with Gasteiger partial charge in [0.2, 0.25) is 11.8 Å². The first-order valence-electron chi connectivity index (χ1n) is 9.84. The molecule has 0 radical (unpaired) electrons. The van der Waals surface area contributed by atoms with Crippen molar-refractivity contribution in [2.45, 2.75) is 32.2 Å². The van der Waals surface area contributed by atoms with Gasteiger partial charge in [-0.3, -0.25) is 14.6 Å². The summed E-state index contributed by atoms with van der Waals surface area (Å²) in [5, 5.41) is 0.786. The smallest absolute Gasteiger partial charge is 0.227 e. The summed E-state index contributed by atoms with van der Waals surface area (Å²) in [5.74, 6) is 0.166. The van der Waals surface area contributed by atoms with E-state index in [9.17, 15) is 9.59 Å². The number of carbonyl (C=O) groups is 2. The highest BCUT2D eigenvalue weighted by Gasteiger charge is 2.33. The van der Waals surface area contributed by atoms with E-state index in [2.05, 4.69) is 4.98 Å². The molecule has 0 bridgehead atoms. The fraction of sp³-hybridized carbons (Fsp3) is 0.409. The van der Waals surface area contributed by atoms with Crippen LogP contribution in [0.15, 0.2) is 42.6 Å². The first-order chi connectivity index (χ1) is 13.6. The van der Waals surface area contributed by atoms with Crippen LogP contribution in [0.25, 0.3) is 0 Å². The summed E-state index contributed by atoms with van der Waals surface area (Å²) in [6.07, 6.45) is 4.34. The first-order valence-corrected chi connectivity index (χ1v) is 10.2. The minimum atomic E-state index is -0.123. The van der Waals surface area contributed by atoms with E-state index in [0.29, 0.717) is 45.4 Å². The van der Waals surface area contributed by atoms with Crippen LogP contribution in [-0.4, -0.2) is 46.2 Å². The van der Waals surface area contributed by atoms with Gasteiger partial charge < -0.3 is 9.80 Å². The van der Waals surface area contributed by atoms with E-state index < -0.39 is 0 Å². The predicted molar refractivity (Wildman–Crippen MR) is 108 cm³/mol. The van der Waals surface area contributed by atoms with Crippen molar-refractivity contribution in [2.24, 2.45) is 5.92 Å². The van der Waals surface area contributed by atoms with Gasteiger partial charge in [0.05, 0.1) is 5.92 Å². The van der Waals surface area contributed by atoms with E-state index in [0.717, 1.165) is 28.3 Å². The standard InChI is InChI=1S/C22H24ClN3O2/c23-20-6-3-4-16-14-26(13-10-19(16)20)22(28)17-7-8-21(27)25(15-17)12-9-18-5-1-2-11-24-18/h1-6,11,17H,7-10,12-15H2. The highest BCUT2D eigenvalue weighted by atomic mass is 35.5. The Morgan fingerprint density at radius 2 is 2.07 bits per heavy atom. The Hall–Kier alpha value is -2.40. The van der Waals surface area contributed by atoms with Gasteiger partial charge >= 0.3 is 0 Å². The summed E-state index contributed by atoms with van der Waals surface area (Å²) in [4.78, 5) is 33.5. The number of fused-ring (bicyclic) bond motifs is 1. The van der Waals surface area contributed by atoms with Crippen molar-refractivity contribution in [2.75, 3.05) is 19.6 Å². The van der Waals surface area contributed by atoms with Crippen molar-refractivity contribution >= 4 is 23.4 Å². The maximum Gasteiger partial charge on any atom is 0.227 e. The minimum absolute atomic E-state index is 0.123. The van der Waals surface area contributed by atoms with Gasteiger partial charge in [-0.2, -0.15) is 0 Å². The average Bonchev–Trinajstić information content (AvgIpc) is 2.73. The number of nitrogens with zero attached hydrogens (tertiary/aromatic N) is 3. The lowest BCUT2D eigenvalue weighted by molar-refractivity contribution is -0.143. The molecule has 0 saturated carbocycles. The summed E-state index contributed by atoms with van der Waals surface area (Å²) in [5.41, 5.74) is 3.25. The molecule has 1 aromatic heterocycles. The summed E-state index contributed by atoms with van der Waals surface area (Å²) in [6.45, 7) is 2.41. The molecule has 0 spiro atoms. The number of carbonyl (C=O) groups excluding carboxylic acids is 2. The molecular formula is C22H24ClN3O2. The lowest BCUT2D eigenvalue weighted by Crippen LogP contribution is -2.48. The Morgan fingerprint density at radius 3 is 2.89 bits per heavy atom. The Balaban J connectivity index is 1.38. The second kappa shape index (κ2) is 8.31. The molecule has 2 aliphatic rings. The molecule has 0 aliphatic carbocycles. The third-order valence-electron chi connectivity index (χ3n) is 5.73. The molecule has 1 atom stereocenters. The predicted octanol–water partition coefficient (Wildman–Crippen LogP) is 3.10. The lowest BCUT2D eigenvalue weighted by Gasteiger charge is -2.36. The first kappa shape index (κ1) is 18.9. The zero-order valence-electron chi connectivity index (χ0n) is 15.8. The van der Waals surface area contributed by atoms with Crippen LogP contribution in [0.4, 0.5) is 0 Å². The van der Waals surface area contributed by atoms with Crippen molar-refractivity contribution in [3.63, 3.8) is 0 Å². The topological polar surface area (TPSA) is 53.5 Å². The molecule has 3 heterocycles. The molecule has 1 aromatic carbocycles. The minimum Gasteiger partial charge on any atom is -0.342 e. The van der Waals surface area contributed by atoms with Gasteiger partial charge in [0.15, 0.2) is 0 Å². The largest absolute Gasteiger partial charge is 0.342 e. The molecule has 2 aromatic rings. The van der Waals surface area contributed by atoms with E-state index in [-0.39, 0.29) is 17.7 Å². The highest BCUT2D eigenvalue weighted by Crippen LogP contribution is 2.28. The molecule has 0 N–H and O–H groups in total. The van der Waals surface area contributed by atoms with E-state index in [1.165, 1.54) is 0 Å². The number of pyridine rings is 1. The molecule has 1 unspecified atom stereocenters. The number of hydrogen-bond acceptors (Lipinski definition) is 3. The molecule has 28 heavy (non-hydrogen) atoms. The van der Waals surface area contributed by atoms with E-state index in [4.69, 9.17) is 11.6 Å². The highest BCUT2D eigenvalue weighted by molar-refractivity contribution is 6.31. The Kier molecular flexibility index (Phi) is 5.62. The fourth-order valence-corrected chi connectivity index (χ4v) is 4.43. The number of piperidine rings is 1. The van der Waals surface area contributed by atoms with Gasteiger partial charge in [-0.05, 0) is 42.2 Å². The monoisotopic (exact) mass is 397 g/mol. The number of rotatable bonds is 4. The fourth-order valence-electron chi connectivity index (χ4n) is 4.14. The molecule has 4 rings (SSSR count). The summed E-state index contributed by atoms with van der Waals surface area (Å²) >= 11 is 6.29. The number of benzene rings is 1. The molecule has 2 aliphatic heterocycles. The number of aromatic nitrogens is 1. The van der Waals surface area contributed by atoms with Crippen LogP contribution < -0.4 is 0 Å². The molecule has 1 fully saturated rings. The van der Waals surface area contributed by atoms with Crippen LogP contribution in [0.2, 0.25) is 5.02 Å². The maximum atomic E-state index is 13.1. The van der Waals surface area contributed by atoms with E-state index in [1.807, 2.05) is 46.2 Å². The van der Waals surface area contributed by atoms with Crippen LogP contribution >= 0.6 is 11.6 Å². The van der Waals surface area contributed by atoms with Crippen molar-refractivity contribution in [3.8, 4) is 0 Å². The second-order valence-corrected chi connectivity index (χ2v) is 7.94. The number of amides is 2. The van der Waals surface area contributed by atoms with Crippen molar-refractivity contribution < 1.29 is 9.59 Å². The summed E-state index contributed by atoms with van der Waals surface area (Å²) < 4.78 is 0. The second-order valence-electron chi connectivity index (χ2n) is 7.53. The van der Waals surface area contributed by atoms with E-state index in [1.54, 1.807) is 6.20 Å². The molecular weight excluding hydrogens is 374 g/mol. The number of halogens is 1. The van der Waals surface area contributed by atoms with Gasteiger partial charge in [0.25, 0.3) is 0 Å². The van der Waals surface area contributed by atoms with Crippen molar-refractivity contribution in [3.05, 3.63) is 64.4 Å². The number of hydrogen-bond donors (Lipinski definition) is 0. The molecule has 2 amide bonds. The molecule has 146 valence electrons. The van der Waals surface area contributed by atoms with Gasteiger partial charge in [-0.25, -0.2) is 0 Å². The molecule has 5 nitrogen and oxygen atoms in total. The summed E-state index contributed by atoms with van der Waals surface area (Å²) in [6, 6.07) is 11.7. The van der Waals surface area contributed by atoms with Gasteiger partial charge in [-0.15, -0.1) is 0 Å². The third-order valence-corrected chi connectivity index (χ3v) is 6.09. The van der Waals surface area contributed by atoms with Crippen LogP contribution in [0.5, 0.6) is 0 Å². The quantitative estimate of drug-likeness (QED) is 0.796. The maximum absolute atomic E-state index is 13.1. The molecule has 1 saturated heterocycles. The lowest BCUT2D eigenvalue weighted by atomic mass is 9.93. The Morgan fingerprint density at radius 1 is 1.18 bits per heavy atom. The summed E-state index contributed by atoms with van der Waals surface area (Å²) in [7, 11) is 0.